The van der Waals surface area contributed by atoms with Crippen molar-refractivity contribution in [3.05, 3.63) is 66.2 Å². The maximum atomic E-state index is 12.9. The number of carbonyl (C=O) groups excluding carboxylic acids is 5. The molecule has 16 heteroatoms. The number of anilines is 3. The van der Waals surface area contributed by atoms with Crippen LogP contribution in [-0.2, 0) is 37.7 Å². The van der Waals surface area contributed by atoms with E-state index in [1.165, 1.54) is 45.3 Å². The second kappa shape index (κ2) is 12.2. The number of amides is 4. The van der Waals surface area contributed by atoms with Crippen LogP contribution in [0.15, 0.2) is 43.1 Å². The molecule has 4 N–H and O–H groups in total. The van der Waals surface area contributed by atoms with E-state index in [9.17, 15) is 24.0 Å². The van der Waals surface area contributed by atoms with E-state index in [0.717, 1.165) is 0 Å². The van der Waals surface area contributed by atoms with Gasteiger partial charge in [0.2, 0.25) is 11.7 Å². The lowest BCUT2D eigenvalue weighted by Gasteiger charge is -2.05. The van der Waals surface area contributed by atoms with Crippen LogP contribution in [-0.4, -0.2) is 71.5 Å². The SMILES string of the molecule is COC(=O)c1cc(NC(=O)c2nc(NC(=O)c3cc(NC(=O)CCNC(=O)c4nccn4C)cn3C)cn2C)cn1C. The normalized spacial score (nSPS) is 10.7. The standard InChI is InChI=1S/C26H30N10O6/c1-33-9-8-27-21(33)24(39)28-7-6-20(37)29-15-10-17(34(2)12-15)23(38)32-19-14-36(4)22(31-19)25(40)30-16-11-18(26(41)42-5)35(3)13-16/h8-14H,6-7H2,1-5H3,(H,28,39)(H,29,37)(H,30,40)(H,32,38). The molecule has 0 aliphatic carbocycles. The highest BCUT2D eigenvalue weighted by Crippen LogP contribution is 2.18. The Morgan fingerprint density at radius 3 is 2.10 bits per heavy atom. The van der Waals surface area contributed by atoms with Crippen molar-refractivity contribution in [1.29, 1.82) is 0 Å². The summed E-state index contributed by atoms with van der Waals surface area (Å²) in [5.74, 6) is -1.98. The molecule has 0 radical (unpaired) electrons. The van der Waals surface area contributed by atoms with Gasteiger partial charge in [0.15, 0.2) is 11.6 Å². The van der Waals surface area contributed by atoms with Crippen molar-refractivity contribution in [2.75, 3.05) is 29.6 Å². The van der Waals surface area contributed by atoms with E-state index in [0.29, 0.717) is 11.4 Å². The van der Waals surface area contributed by atoms with Crippen molar-refractivity contribution in [2.45, 2.75) is 6.42 Å². The second-order valence-corrected chi connectivity index (χ2v) is 9.33. The van der Waals surface area contributed by atoms with Gasteiger partial charge in [-0.2, -0.15) is 0 Å². The molecule has 0 saturated heterocycles. The predicted octanol–water partition coefficient (Wildman–Crippen LogP) is 0.880. The van der Waals surface area contributed by atoms with E-state index in [4.69, 9.17) is 4.74 Å². The van der Waals surface area contributed by atoms with Gasteiger partial charge in [-0.25, -0.2) is 14.8 Å². The summed E-state index contributed by atoms with van der Waals surface area (Å²) in [5, 5.41) is 10.6. The molecule has 0 aliphatic rings. The molecule has 4 heterocycles. The maximum absolute atomic E-state index is 12.9. The molecule has 0 aromatic carbocycles. The molecule has 0 bridgehead atoms. The molecule has 16 nitrogen and oxygen atoms in total. The van der Waals surface area contributed by atoms with Gasteiger partial charge in [-0.1, -0.05) is 0 Å². The van der Waals surface area contributed by atoms with Gasteiger partial charge in [0, 0.05) is 72.1 Å². The van der Waals surface area contributed by atoms with E-state index in [2.05, 4.69) is 31.2 Å². The zero-order valence-corrected chi connectivity index (χ0v) is 23.6. The Bertz CT molecular complexity index is 1670. The molecule has 4 aromatic heterocycles. The van der Waals surface area contributed by atoms with E-state index in [-0.39, 0.29) is 47.7 Å². The fourth-order valence-electron chi connectivity index (χ4n) is 4.08. The van der Waals surface area contributed by atoms with Gasteiger partial charge in [-0.3, -0.25) is 19.2 Å². The zero-order valence-electron chi connectivity index (χ0n) is 23.6. The molecule has 0 unspecified atom stereocenters. The highest BCUT2D eigenvalue weighted by molar-refractivity contribution is 6.06. The van der Waals surface area contributed by atoms with Crippen LogP contribution in [0.2, 0.25) is 0 Å². The molecule has 4 aromatic rings. The minimum atomic E-state index is -0.556. The largest absolute Gasteiger partial charge is 0.464 e. The Hall–Kier alpha value is -5.67. The summed E-state index contributed by atoms with van der Waals surface area (Å²) in [7, 11) is 7.83. The first-order valence-electron chi connectivity index (χ1n) is 12.6. The van der Waals surface area contributed by atoms with Gasteiger partial charge in [-0.15, -0.1) is 0 Å². The number of carbonyl (C=O) groups is 5. The Kier molecular flexibility index (Phi) is 8.54. The molecule has 42 heavy (non-hydrogen) atoms. The van der Waals surface area contributed by atoms with Gasteiger partial charge in [0.05, 0.1) is 18.5 Å². The molecule has 4 amide bonds. The number of esters is 1. The van der Waals surface area contributed by atoms with Crippen molar-refractivity contribution in [3.8, 4) is 0 Å². The van der Waals surface area contributed by atoms with Crippen LogP contribution < -0.4 is 21.3 Å². The third kappa shape index (κ3) is 6.55. The average Bonchev–Trinajstić information content (AvgIpc) is 3.70. The van der Waals surface area contributed by atoms with Crippen LogP contribution in [0.25, 0.3) is 0 Å². The molecular weight excluding hydrogens is 548 g/mol. The van der Waals surface area contributed by atoms with Gasteiger partial charge >= 0.3 is 5.97 Å². The van der Waals surface area contributed by atoms with Gasteiger partial charge in [-0.05, 0) is 12.1 Å². The molecule has 4 rings (SSSR count). The van der Waals surface area contributed by atoms with Crippen LogP contribution in [0.1, 0.15) is 48.6 Å². The maximum Gasteiger partial charge on any atom is 0.354 e. The number of hydrogen-bond acceptors (Lipinski definition) is 8. The number of imidazole rings is 2. The van der Waals surface area contributed by atoms with Crippen molar-refractivity contribution >= 4 is 46.8 Å². The van der Waals surface area contributed by atoms with E-state index >= 15 is 0 Å². The van der Waals surface area contributed by atoms with Gasteiger partial charge < -0.3 is 44.3 Å². The lowest BCUT2D eigenvalue weighted by atomic mass is 10.3. The highest BCUT2D eigenvalue weighted by atomic mass is 16.5. The third-order valence-corrected chi connectivity index (χ3v) is 6.16. The molecule has 220 valence electrons. The number of aromatic nitrogens is 6. The summed E-state index contributed by atoms with van der Waals surface area (Å²) in [6.07, 6.45) is 7.76. The molecule has 0 spiro atoms. The minimum absolute atomic E-state index is 0.0122. The summed E-state index contributed by atoms with van der Waals surface area (Å²) in [6, 6.07) is 2.96. The van der Waals surface area contributed by atoms with Crippen LogP contribution in [0, 0.1) is 0 Å². The number of nitrogens with one attached hydrogen (secondary N) is 4. The molecular formula is C26H30N10O6. The first-order valence-corrected chi connectivity index (χ1v) is 12.6. The Morgan fingerprint density at radius 2 is 1.43 bits per heavy atom. The smallest absolute Gasteiger partial charge is 0.354 e. The number of methoxy groups -OCH3 is 1. The summed E-state index contributed by atoms with van der Waals surface area (Å²) in [5.41, 5.74) is 1.24. The lowest BCUT2D eigenvalue weighted by molar-refractivity contribution is -0.116. The molecule has 0 saturated carbocycles. The number of hydrogen-bond donors (Lipinski definition) is 4. The Balaban J connectivity index is 1.32. The Morgan fingerprint density at radius 1 is 0.762 bits per heavy atom. The van der Waals surface area contributed by atoms with Gasteiger partial charge in [0.25, 0.3) is 17.7 Å². The number of nitrogens with zero attached hydrogens (tertiary/aromatic N) is 6. The van der Waals surface area contributed by atoms with E-state index in [1.807, 2.05) is 0 Å². The van der Waals surface area contributed by atoms with Crippen LogP contribution >= 0.6 is 0 Å². The van der Waals surface area contributed by atoms with Crippen LogP contribution in [0.3, 0.4) is 0 Å². The monoisotopic (exact) mass is 578 g/mol. The first-order chi connectivity index (χ1) is 20.0. The second-order valence-electron chi connectivity index (χ2n) is 9.33. The van der Waals surface area contributed by atoms with Crippen molar-refractivity contribution in [1.82, 2.24) is 33.6 Å². The molecule has 0 fully saturated rings. The summed E-state index contributed by atoms with van der Waals surface area (Å²) >= 11 is 0. The number of rotatable bonds is 10. The number of aryl methyl sites for hydroxylation is 4. The topological polar surface area (TPSA) is 188 Å². The highest BCUT2D eigenvalue weighted by Gasteiger charge is 2.20. The van der Waals surface area contributed by atoms with Gasteiger partial charge in [0.1, 0.15) is 11.4 Å². The third-order valence-electron chi connectivity index (χ3n) is 6.16. The van der Waals surface area contributed by atoms with Crippen LogP contribution in [0.5, 0.6) is 0 Å². The van der Waals surface area contributed by atoms with E-state index < -0.39 is 23.7 Å². The van der Waals surface area contributed by atoms with Crippen molar-refractivity contribution in [3.63, 3.8) is 0 Å². The quantitative estimate of drug-likeness (QED) is 0.200. The zero-order chi connectivity index (χ0) is 30.6. The predicted molar refractivity (Wildman–Crippen MR) is 150 cm³/mol. The average molecular weight is 579 g/mol. The fourth-order valence-corrected chi connectivity index (χ4v) is 4.08. The first kappa shape index (κ1) is 29.3. The fraction of sp³-hybridized carbons (Fsp3) is 0.269. The lowest BCUT2D eigenvalue weighted by Crippen LogP contribution is -2.29. The summed E-state index contributed by atoms with van der Waals surface area (Å²) in [6.45, 7) is 0.101. The van der Waals surface area contributed by atoms with Crippen molar-refractivity contribution in [2.24, 2.45) is 28.2 Å². The van der Waals surface area contributed by atoms with Crippen LogP contribution in [0.4, 0.5) is 17.2 Å². The van der Waals surface area contributed by atoms with E-state index in [1.54, 1.807) is 51.3 Å². The number of ether oxygens (including phenoxy) is 1. The molecule has 0 aliphatic heterocycles. The van der Waals surface area contributed by atoms with Crippen molar-refractivity contribution < 1.29 is 28.7 Å². The Labute approximate surface area is 239 Å². The summed E-state index contributed by atoms with van der Waals surface area (Å²) < 4.78 is 10.8. The molecule has 0 atom stereocenters. The minimum Gasteiger partial charge on any atom is -0.464 e. The summed E-state index contributed by atoms with van der Waals surface area (Å²) in [4.78, 5) is 70.2.